The molecule has 0 saturated carbocycles. The van der Waals surface area contributed by atoms with Gasteiger partial charge in [0.1, 0.15) is 0 Å². The molecule has 3 nitrogen and oxygen atoms in total. The summed E-state index contributed by atoms with van der Waals surface area (Å²) in [6.07, 6.45) is 0.00565. The third kappa shape index (κ3) is 1.17. The normalized spacial score (nSPS) is 23.5. The fourth-order valence-corrected chi connectivity index (χ4v) is 1.89. The highest BCUT2D eigenvalue weighted by atomic mass is 16.9. The van der Waals surface area contributed by atoms with Crippen molar-refractivity contribution < 1.29 is 14.2 Å². The molecule has 0 amide bonds. The molecule has 1 aromatic rings. The number of fused-ring (bicyclic) bond motifs is 1. The van der Waals surface area contributed by atoms with Gasteiger partial charge in [-0.1, -0.05) is 24.3 Å². The molecule has 14 heavy (non-hydrogen) atoms. The van der Waals surface area contributed by atoms with E-state index in [9.17, 15) is 0 Å². The minimum atomic E-state index is -1.02. The molecule has 2 rings (SSSR count). The van der Waals surface area contributed by atoms with Gasteiger partial charge in [-0.25, -0.2) is 0 Å². The second-order valence-corrected chi connectivity index (χ2v) is 3.31. The first-order valence-electron chi connectivity index (χ1n) is 4.61. The molecule has 0 bridgehead atoms. The van der Waals surface area contributed by atoms with Gasteiger partial charge in [0.15, 0.2) is 0 Å². The summed E-state index contributed by atoms with van der Waals surface area (Å²) >= 11 is 0. The van der Waals surface area contributed by atoms with E-state index in [1.807, 2.05) is 31.2 Å². The van der Waals surface area contributed by atoms with Gasteiger partial charge < -0.3 is 14.2 Å². The zero-order valence-corrected chi connectivity index (χ0v) is 8.61. The van der Waals surface area contributed by atoms with Crippen LogP contribution in [0.2, 0.25) is 0 Å². The van der Waals surface area contributed by atoms with Gasteiger partial charge in [-0.3, -0.25) is 0 Å². The number of benzene rings is 1. The second kappa shape index (κ2) is 3.35. The van der Waals surface area contributed by atoms with Crippen molar-refractivity contribution in [3.63, 3.8) is 0 Å². The van der Waals surface area contributed by atoms with Gasteiger partial charge in [0.05, 0.1) is 6.10 Å². The third-order valence-corrected chi connectivity index (χ3v) is 2.60. The predicted molar refractivity (Wildman–Crippen MR) is 51.6 cm³/mol. The van der Waals surface area contributed by atoms with Gasteiger partial charge in [0.2, 0.25) is 0 Å². The van der Waals surface area contributed by atoms with Crippen LogP contribution in [0.5, 0.6) is 0 Å². The van der Waals surface area contributed by atoms with E-state index in [0.717, 1.165) is 11.1 Å². The van der Waals surface area contributed by atoms with E-state index in [4.69, 9.17) is 14.2 Å². The molecule has 0 radical (unpaired) electrons. The molecule has 1 atom stereocenters. The van der Waals surface area contributed by atoms with Crippen molar-refractivity contribution in [2.24, 2.45) is 0 Å². The Hall–Kier alpha value is -0.900. The monoisotopic (exact) mass is 194 g/mol. The molecule has 76 valence electrons. The standard InChI is InChI=1S/C11H14O3/c1-8-9-6-4-5-7-10(9)11(12-2,13-3)14-8/h4-8H,1-3H3. The number of hydrogen-bond donors (Lipinski definition) is 0. The van der Waals surface area contributed by atoms with Crippen LogP contribution >= 0.6 is 0 Å². The fourth-order valence-electron chi connectivity index (χ4n) is 1.89. The molecule has 0 aliphatic carbocycles. The van der Waals surface area contributed by atoms with Gasteiger partial charge in [0, 0.05) is 19.8 Å². The van der Waals surface area contributed by atoms with Crippen LogP contribution in [-0.2, 0) is 20.2 Å². The number of ether oxygens (including phenoxy) is 3. The zero-order chi connectivity index (χ0) is 10.2. The number of methoxy groups -OCH3 is 2. The summed E-state index contributed by atoms with van der Waals surface area (Å²) in [5, 5.41) is 0. The second-order valence-electron chi connectivity index (χ2n) is 3.31. The van der Waals surface area contributed by atoms with Crippen LogP contribution in [0.1, 0.15) is 24.2 Å². The minimum absolute atomic E-state index is 0.00565. The van der Waals surface area contributed by atoms with E-state index >= 15 is 0 Å². The minimum Gasteiger partial charge on any atom is -0.327 e. The highest BCUT2D eigenvalue weighted by Gasteiger charge is 2.44. The van der Waals surface area contributed by atoms with Crippen molar-refractivity contribution in [3.05, 3.63) is 35.4 Å². The lowest BCUT2D eigenvalue weighted by molar-refractivity contribution is -0.376. The lowest BCUT2D eigenvalue weighted by Gasteiger charge is -2.25. The van der Waals surface area contributed by atoms with Crippen LogP contribution in [0.25, 0.3) is 0 Å². The Morgan fingerprint density at radius 2 is 1.86 bits per heavy atom. The Kier molecular flexibility index (Phi) is 2.31. The quantitative estimate of drug-likeness (QED) is 0.675. The van der Waals surface area contributed by atoms with Crippen molar-refractivity contribution in [1.82, 2.24) is 0 Å². The van der Waals surface area contributed by atoms with Crippen LogP contribution in [0.4, 0.5) is 0 Å². The van der Waals surface area contributed by atoms with E-state index in [-0.39, 0.29) is 6.10 Å². The van der Waals surface area contributed by atoms with Gasteiger partial charge in [-0.2, -0.15) is 0 Å². The van der Waals surface area contributed by atoms with Crippen LogP contribution in [0.3, 0.4) is 0 Å². The smallest absolute Gasteiger partial charge is 0.312 e. The first kappa shape index (κ1) is 9.65. The summed E-state index contributed by atoms with van der Waals surface area (Å²) in [4.78, 5) is 0. The van der Waals surface area contributed by atoms with Gasteiger partial charge in [-0.15, -0.1) is 0 Å². The van der Waals surface area contributed by atoms with Gasteiger partial charge in [-0.05, 0) is 12.5 Å². The van der Waals surface area contributed by atoms with Crippen molar-refractivity contribution >= 4 is 0 Å². The summed E-state index contributed by atoms with van der Waals surface area (Å²) in [6, 6.07) is 7.93. The van der Waals surface area contributed by atoms with E-state index in [1.54, 1.807) is 14.2 Å². The molecule has 1 unspecified atom stereocenters. The van der Waals surface area contributed by atoms with Crippen molar-refractivity contribution in [1.29, 1.82) is 0 Å². The maximum atomic E-state index is 5.67. The third-order valence-electron chi connectivity index (χ3n) is 2.60. The highest BCUT2D eigenvalue weighted by Crippen LogP contribution is 2.43. The molecule has 0 spiro atoms. The van der Waals surface area contributed by atoms with Crippen molar-refractivity contribution in [2.45, 2.75) is 19.0 Å². The molecule has 0 N–H and O–H groups in total. The van der Waals surface area contributed by atoms with Crippen LogP contribution < -0.4 is 0 Å². The average Bonchev–Trinajstić information content (AvgIpc) is 2.53. The molecule has 1 heterocycles. The first-order chi connectivity index (χ1) is 6.73. The largest absolute Gasteiger partial charge is 0.327 e. The first-order valence-corrected chi connectivity index (χ1v) is 4.61. The lowest BCUT2D eigenvalue weighted by Crippen LogP contribution is -2.30. The van der Waals surface area contributed by atoms with Crippen LogP contribution in [0, 0.1) is 0 Å². The summed E-state index contributed by atoms with van der Waals surface area (Å²) < 4.78 is 16.3. The Morgan fingerprint density at radius 3 is 2.50 bits per heavy atom. The molecular formula is C11H14O3. The average molecular weight is 194 g/mol. The summed E-state index contributed by atoms with van der Waals surface area (Å²) in [5.41, 5.74) is 2.08. The van der Waals surface area contributed by atoms with E-state index in [1.165, 1.54) is 0 Å². The molecule has 0 saturated heterocycles. The van der Waals surface area contributed by atoms with Crippen LogP contribution in [0.15, 0.2) is 24.3 Å². The van der Waals surface area contributed by atoms with E-state index in [2.05, 4.69) is 0 Å². The Balaban J connectivity index is 2.52. The predicted octanol–water partition coefficient (Wildman–Crippen LogP) is 2.18. The number of hydrogen-bond acceptors (Lipinski definition) is 3. The topological polar surface area (TPSA) is 27.7 Å². The Morgan fingerprint density at radius 1 is 1.21 bits per heavy atom. The molecule has 1 aromatic carbocycles. The summed E-state index contributed by atoms with van der Waals surface area (Å²) in [7, 11) is 3.16. The zero-order valence-electron chi connectivity index (χ0n) is 8.61. The van der Waals surface area contributed by atoms with E-state index in [0.29, 0.717) is 0 Å². The summed E-state index contributed by atoms with van der Waals surface area (Å²) in [5.74, 6) is -1.02. The molecular weight excluding hydrogens is 180 g/mol. The van der Waals surface area contributed by atoms with E-state index < -0.39 is 5.97 Å². The highest BCUT2D eigenvalue weighted by molar-refractivity contribution is 5.34. The molecule has 0 fully saturated rings. The Bertz CT molecular complexity index is 331. The SMILES string of the molecule is COC1(OC)OC(C)c2ccccc21. The molecule has 1 aliphatic heterocycles. The Labute approximate surface area is 83.6 Å². The molecule has 3 heteroatoms. The van der Waals surface area contributed by atoms with Crippen LogP contribution in [-0.4, -0.2) is 14.2 Å². The van der Waals surface area contributed by atoms with Crippen molar-refractivity contribution in [2.75, 3.05) is 14.2 Å². The summed E-state index contributed by atoms with van der Waals surface area (Å²) in [6.45, 7) is 1.98. The number of rotatable bonds is 2. The van der Waals surface area contributed by atoms with Crippen molar-refractivity contribution in [3.8, 4) is 0 Å². The lowest BCUT2D eigenvalue weighted by atomic mass is 10.1. The molecule has 0 aromatic heterocycles. The van der Waals surface area contributed by atoms with Gasteiger partial charge in [0.25, 0.3) is 0 Å². The maximum absolute atomic E-state index is 5.67. The maximum Gasteiger partial charge on any atom is 0.312 e. The fraction of sp³-hybridized carbons (Fsp3) is 0.455. The molecule has 1 aliphatic rings. The van der Waals surface area contributed by atoms with Gasteiger partial charge >= 0.3 is 5.97 Å².